The molecule has 0 aromatic rings. The summed E-state index contributed by atoms with van der Waals surface area (Å²) in [6.45, 7) is 7.33. The van der Waals surface area contributed by atoms with Crippen molar-refractivity contribution in [1.29, 1.82) is 0 Å². The van der Waals surface area contributed by atoms with E-state index in [2.05, 4.69) is 13.8 Å². The zero-order valence-electron chi connectivity index (χ0n) is 13.1. The van der Waals surface area contributed by atoms with Crippen molar-refractivity contribution in [3.63, 3.8) is 0 Å². The van der Waals surface area contributed by atoms with Crippen molar-refractivity contribution in [2.75, 3.05) is 26.2 Å². The molecule has 21 heavy (non-hydrogen) atoms. The Bertz CT molecular complexity index is 497. The maximum atomic E-state index is 12.8. The van der Waals surface area contributed by atoms with Crippen molar-refractivity contribution in [2.24, 2.45) is 17.3 Å². The van der Waals surface area contributed by atoms with Gasteiger partial charge in [0.2, 0.25) is 0 Å². The Hall–Kier alpha value is -0.660. The summed E-state index contributed by atoms with van der Waals surface area (Å²) >= 11 is 0. The molecule has 0 bridgehead atoms. The molecule has 2 aliphatic rings. The molecule has 2 aliphatic heterocycles. The number of carboxylic acids is 1. The van der Waals surface area contributed by atoms with Crippen LogP contribution in [-0.4, -0.2) is 54.3 Å². The van der Waals surface area contributed by atoms with Gasteiger partial charge in [-0.15, -0.1) is 0 Å². The highest BCUT2D eigenvalue weighted by atomic mass is 32.2. The van der Waals surface area contributed by atoms with Gasteiger partial charge in [-0.2, -0.15) is 17.0 Å². The number of hydrogen-bond donors (Lipinski definition) is 1. The van der Waals surface area contributed by atoms with Gasteiger partial charge in [0.15, 0.2) is 0 Å². The van der Waals surface area contributed by atoms with Crippen LogP contribution in [-0.2, 0) is 15.0 Å². The largest absolute Gasteiger partial charge is 0.481 e. The van der Waals surface area contributed by atoms with Crippen LogP contribution in [0.2, 0.25) is 0 Å². The first-order valence-corrected chi connectivity index (χ1v) is 9.03. The monoisotopic (exact) mass is 318 g/mol. The van der Waals surface area contributed by atoms with E-state index in [0.29, 0.717) is 44.3 Å². The summed E-state index contributed by atoms with van der Waals surface area (Å²) in [7, 11) is -3.55. The van der Waals surface area contributed by atoms with E-state index in [1.807, 2.05) is 0 Å². The molecule has 1 N–H and O–H groups in total. The van der Waals surface area contributed by atoms with Crippen molar-refractivity contribution < 1.29 is 18.3 Å². The first kappa shape index (κ1) is 16.7. The van der Waals surface area contributed by atoms with Crippen LogP contribution in [0.5, 0.6) is 0 Å². The summed E-state index contributed by atoms with van der Waals surface area (Å²) < 4.78 is 28.5. The number of carbonyl (C=O) groups is 1. The number of piperidine rings is 2. The Morgan fingerprint density at radius 2 is 1.76 bits per heavy atom. The van der Waals surface area contributed by atoms with Crippen LogP contribution in [0.1, 0.15) is 40.0 Å². The number of nitrogens with zero attached hydrogens (tertiary/aromatic N) is 2. The summed E-state index contributed by atoms with van der Waals surface area (Å²) in [5.74, 6) is -0.221. The molecule has 3 unspecified atom stereocenters. The Morgan fingerprint density at radius 1 is 1.19 bits per heavy atom. The molecule has 0 aromatic carbocycles. The van der Waals surface area contributed by atoms with E-state index in [9.17, 15) is 18.3 Å². The van der Waals surface area contributed by atoms with Crippen molar-refractivity contribution in [2.45, 2.75) is 40.0 Å². The minimum atomic E-state index is -3.55. The lowest BCUT2D eigenvalue weighted by molar-refractivity contribution is -0.150. The Labute approximate surface area is 127 Å². The first-order chi connectivity index (χ1) is 9.65. The summed E-state index contributed by atoms with van der Waals surface area (Å²) in [6.07, 6.45) is 2.17. The van der Waals surface area contributed by atoms with Crippen LogP contribution in [0.25, 0.3) is 0 Å². The quantitative estimate of drug-likeness (QED) is 0.853. The highest BCUT2D eigenvalue weighted by molar-refractivity contribution is 7.86. The van der Waals surface area contributed by atoms with Gasteiger partial charge in [0, 0.05) is 26.2 Å². The lowest BCUT2D eigenvalue weighted by Crippen LogP contribution is -2.55. The lowest BCUT2D eigenvalue weighted by Gasteiger charge is -2.41. The number of hydrogen-bond acceptors (Lipinski definition) is 3. The summed E-state index contributed by atoms with van der Waals surface area (Å²) in [5, 5.41) is 9.34. The average molecular weight is 318 g/mol. The van der Waals surface area contributed by atoms with Crippen LogP contribution in [0.4, 0.5) is 0 Å². The maximum Gasteiger partial charge on any atom is 0.310 e. The summed E-state index contributed by atoms with van der Waals surface area (Å²) in [5.41, 5.74) is -0.974. The molecule has 0 amide bonds. The van der Waals surface area contributed by atoms with Crippen molar-refractivity contribution in [1.82, 2.24) is 8.61 Å². The van der Waals surface area contributed by atoms with Crippen LogP contribution in [0.15, 0.2) is 0 Å². The fraction of sp³-hybridized carbons (Fsp3) is 0.929. The van der Waals surface area contributed by atoms with E-state index in [4.69, 9.17) is 0 Å². The van der Waals surface area contributed by atoms with Crippen molar-refractivity contribution in [3.8, 4) is 0 Å². The molecule has 7 heteroatoms. The van der Waals surface area contributed by atoms with E-state index < -0.39 is 21.6 Å². The number of aliphatic carboxylic acids is 1. The molecule has 0 aliphatic carbocycles. The number of carboxylic acid groups (broad SMARTS) is 1. The average Bonchev–Trinajstić information content (AvgIpc) is 2.37. The second kappa shape index (κ2) is 5.85. The lowest BCUT2D eigenvalue weighted by atomic mass is 9.83. The van der Waals surface area contributed by atoms with E-state index in [0.717, 1.165) is 6.42 Å². The topological polar surface area (TPSA) is 77.9 Å². The standard InChI is InChI=1S/C14H26N2O4S/c1-11-7-12(2)9-16(8-11)21(19,20)15-6-4-5-14(3,10-15)13(17)18/h11-12H,4-10H2,1-3H3,(H,17,18). The molecule has 122 valence electrons. The maximum absolute atomic E-state index is 12.8. The Morgan fingerprint density at radius 3 is 2.29 bits per heavy atom. The molecule has 0 spiro atoms. The zero-order chi connectivity index (χ0) is 15.8. The van der Waals surface area contributed by atoms with Gasteiger partial charge < -0.3 is 5.11 Å². The Balaban J connectivity index is 2.17. The Kier molecular flexibility index (Phi) is 4.66. The molecule has 2 heterocycles. The molecule has 0 aromatic heterocycles. The van der Waals surface area contributed by atoms with Gasteiger partial charge in [-0.25, -0.2) is 0 Å². The first-order valence-electron chi connectivity index (χ1n) is 7.64. The minimum absolute atomic E-state index is 0.0733. The number of rotatable bonds is 3. The predicted octanol–water partition coefficient (Wildman–Crippen LogP) is 1.40. The molecular weight excluding hydrogens is 292 g/mol. The molecule has 2 rings (SSSR count). The molecule has 2 saturated heterocycles. The molecule has 0 radical (unpaired) electrons. The van der Waals surface area contributed by atoms with E-state index >= 15 is 0 Å². The van der Waals surface area contributed by atoms with Crippen LogP contribution in [0, 0.1) is 17.3 Å². The van der Waals surface area contributed by atoms with Gasteiger partial charge in [0.1, 0.15) is 0 Å². The SMILES string of the molecule is CC1CC(C)CN(S(=O)(=O)N2CCCC(C)(C(=O)O)C2)C1. The highest BCUT2D eigenvalue weighted by Gasteiger charge is 2.44. The van der Waals surface area contributed by atoms with Crippen molar-refractivity contribution >= 4 is 16.2 Å². The third-order valence-corrected chi connectivity index (χ3v) is 6.58. The van der Waals surface area contributed by atoms with Gasteiger partial charge in [0.05, 0.1) is 5.41 Å². The third-order valence-electron chi connectivity index (χ3n) is 4.67. The van der Waals surface area contributed by atoms with Gasteiger partial charge in [-0.1, -0.05) is 13.8 Å². The highest BCUT2D eigenvalue weighted by Crippen LogP contribution is 2.33. The summed E-state index contributed by atoms with van der Waals surface area (Å²) in [6, 6.07) is 0. The van der Waals surface area contributed by atoms with Gasteiger partial charge in [-0.05, 0) is 38.0 Å². The minimum Gasteiger partial charge on any atom is -0.481 e. The van der Waals surface area contributed by atoms with E-state index in [-0.39, 0.29) is 6.54 Å². The van der Waals surface area contributed by atoms with Gasteiger partial charge in [-0.3, -0.25) is 4.79 Å². The smallest absolute Gasteiger partial charge is 0.310 e. The fourth-order valence-electron chi connectivity index (χ4n) is 3.52. The van der Waals surface area contributed by atoms with E-state index in [1.54, 1.807) is 11.2 Å². The van der Waals surface area contributed by atoms with Crippen LogP contribution >= 0.6 is 0 Å². The fourth-order valence-corrected chi connectivity index (χ4v) is 5.54. The van der Waals surface area contributed by atoms with Crippen LogP contribution in [0.3, 0.4) is 0 Å². The zero-order valence-corrected chi connectivity index (χ0v) is 13.9. The molecule has 2 fully saturated rings. The summed E-state index contributed by atoms with van der Waals surface area (Å²) in [4.78, 5) is 11.4. The molecule has 3 atom stereocenters. The van der Waals surface area contributed by atoms with Gasteiger partial charge >= 0.3 is 5.97 Å². The van der Waals surface area contributed by atoms with E-state index in [1.165, 1.54) is 4.31 Å². The molecular formula is C14H26N2O4S. The van der Waals surface area contributed by atoms with Crippen molar-refractivity contribution in [3.05, 3.63) is 0 Å². The van der Waals surface area contributed by atoms with Gasteiger partial charge in [0.25, 0.3) is 10.2 Å². The third kappa shape index (κ3) is 3.40. The molecule has 0 saturated carbocycles. The normalized spacial score (nSPS) is 36.5. The second-order valence-corrected chi connectivity index (χ2v) is 9.00. The van der Waals surface area contributed by atoms with Crippen LogP contribution < -0.4 is 0 Å². The second-order valence-electron chi connectivity index (χ2n) is 7.07. The predicted molar refractivity (Wildman–Crippen MR) is 80.0 cm³/mol. The molecule has 6 nitrogen and oxygen atoms in total.